The first-order chi connectivity index (χ1) is 15.2. The number of hydrogen-bond acceptors (Lipinski definition) is 2. The van der Waals surface area contributed by atoms with Crippen LogP contribution in [-0.2, 0) is 13.5 Å². The number of fused-ring (bicyclic) bond motifs is 1. The summed E-state index contributed by atoms with van der Waals surface area (Å²) in [6.07, 6.45) is 3.30. The van der Waals surface area contributed by atoms with Gasteiger partial charge in [-0.05, 0) is 41.3 Å². The van der Waals surface area contributed by atoms with Gasteiger partial charge in [0, 0.05) is 30.6 Å². The number of aromatic nitrogens is 1. The van der Waals surface area contributed by atoms with E-state index in [4.69, 9.17) is 4.74 Å². The largest absolute Gasteiger partial charge is 0.493 e. The number of hydrogen-bond donors (Lipinski definition) is 0. The van der Waals surface area contributed by atoms with Gasteiger partial charge in [0.15, 0.2) is 5.78 Å². The predicted octanol–water partition coefficient (Wildman–Crippen LogP) is 7.09. The Labute approximate surface area is 185 Å². The van der Waals surface area contributed by atoms with E-state index in [9.17, 15) is 4.79 Å². The zero-order valence-corrected chi connectivity index (χ0v) is 18.9. The van der Waals surface area contributed by atoms with Crippen molar-refractivity contribution in [3.05, 3.63) is 90.1 Å². The summed E-state index contributed by atoms with van der Waals surface area (Å²) < 4.78 is 7.98. The fraction of sp³-hybridized carbons (Fsp3) is 0.250. The second-order valence-corrected chi connectivity index (χ2v) is 7.31. The molecule has 0 spiro atoms. The number of nitrogens with zero attached hydrogens (tertiary/aromatic N) is 1. The number of ether oxygens (including phenoxy) is 1. The third kappa shape index (κ3) is 5.05. The molecule has 0 radical (unpaired) electrons. The normalized spacial score (nSPS) is 10.5. The van der Waals surface area contributed by atoms with E-state index in [1.54, 1.807) is 0 Å². The van der Waals surface area contributed by atoms with Crippen LogP contribution in [0.4, 0.5) is 0 Å². The molecular weight excluding hydrogens is 382 g/mol. The molecule has 0 unspecified atom stereocenters. The Kier molecular flexibility index (Phi) is 7.66. The summed E-state index contributed by atoms with van der Waals surface area (Å²) in [5, 5.41) is 1.12. The quantitative estimate of drug-likeness (QED) is 0.303. The fourth-order valence-corrected chi connectivity index (χ4v) is 3.73. The second-order valence-electron chi connectivity index (χ2n) is 7.31. The Morgan fingerprint density at radius 3 is 2.35 bits per heavy atom. The van der Waals surface area contributed by atoms with E-state index in [0.29, 0.717) is 24.3 Å². The van der Waals surface area contributed by atoms with Gasteiger partial charge in [0.1, 0.15) is 5.75 Å². The number of aryl methyl sites for hydroxylation is 1. The third-order valence-corrected chi connectivity index (χ3v) is 5.18. The van der Waals surface area contributed by atoms with Gasteiger partial charge in [-0.2, -0.15) is 0 Å². The maximum absolute atomic E-state index is 13.3. The Balaban J connectivity index is 0.00000132. The first-order valence-corrected chi connectivity index (χ1v) is 11.1. The van der Waals surface area contributed by atoms with Gasteiger partial charge in [0.2, 0.25) is 0 Å². The predicted molar refractivity (Wildman–Crippen MR) is 130 cm³/mol. The Morgan fingerprint density at radius 1 is 0.903 bits per heavy atom. The van der Waals surface area contributed by atoms with Gasteiger partial charge >= 0.3 is 0 Å². The molecule has 31 heavy (non-hydrogen) atoms. The number of Topliss-reactive ketones (excluding diaryl/α,β-unsaturated/α-hetero) is 1. The van der Waals surface area contributed by atoms with Gasteiger partial charge < -0.3 is 9.30 Å². The molecule has 0 saturated carbocycles. The average molecular weight is 414 g/mol. The van der Waals surface area contributed by atoms with E-state index in [-0.39, 0.29) is 5.78 Å². The van der Waals surface area contributed by atoms with Crippen LogP contribution in [0.25, 0.3) is 22.0 Å². The van der Waals surface area contributed by atoms with Crippen molar-refractivity contribution in [3.8, 4) is 16.9 Å². The molecule has 0 atom stereocenters. The van der Waals surface area contributed by atoms with Crippen molar-refractivity contribution in [1.82, 2.24) is 4.57 Å². The van der Waals surface area contributed by atoms with Crippen molar-refractivity contribution in [2.75, 3.05) is 6.61 Å². The minimum atomic E-state index is 0.0743. The first-order valence-electron chi connectivity index (χ1n) is 11.1. The molecule has 0 bridgehead atoms. The van der Waals surface area contributed by atoms with E-state index < -0.39 is 0 Å². The molecule has 0 aliphatic heterocycles. The summed E-state index contributed by atoms with van der Waals surface area (Å²) in [5.74, 6) is 0.738. The van der Waals surface area contributed by atoms with Gasteiger partial charge in [0.25, 0.3) is 0 Å². The van der Waals surface area contributed by atoms with Crippen LogP contribution < -0.4 is 4.74 Å². The topological polar surface area (TPSA) is 31.2 Å². The van der Waals surface area contributed by atoms with Crippen molar-refractivity contribution >= 4 is 16.7 Å². The second kappa shape index (κ2) is 10.6. The van der Waals surface area contributed by atoms with E-state index in [1.165, 1.54) is 0 Å². The maximum atomic E-state index is 13.3. The zero-order chi connectivity index (χ0) is 22.2. The standard InChI is InChI=1S/C26H25NO2.C2H6/c1-3-15-29-26-14-13-20(19-9-5-4-6-10-19)16-23(26)25(28)17-21-18-27(2)24-12-8-7-11-22(21)24;1-2/h4-14,16,18H,3,15,17H2,1-2H3;1-2H3. The van der Waals surface area contributed by atoms with Crippen LogP contribution in [-0.4, -0.2) is 17.0 Å². The lowest BCUT2D eigenvalue weighted by molar-refractivity contribution is 0.0989. The van der Waals surface area contributed by atoms with Crippen molar-refractivity contribution in [2.45, 2.75) is 33.6 Å². The van der Waals surface area contributed by atoms with Gasteiger partial charge in [-0.3, -0.25) is 4.79 Å². The highest BCUT2D eigenvalue weighted by Gasteiger charge is 2.17. The Bertz CT molecular complexity index is 1140. The number of rotatable bonds is 7. The van der Waals surface area contributed by atoms with Crippen LogP contribution in [0.5, 0.6) is 5.75 Å². The van der Waals surface area contributed by atoms with Crippen LogP contribution in [0.2, 0.25) is 0 Å². The van der Waals surface area contributed by atoms with Crippen molar-refractivity contribution < 1.29 is 9.53 Å². The summed E-state index contributed by atoms with van der Waals surface area (Å²) in [7, 11) is 2.02. The van der Waals surface area contributed by atoms with Crippen LogP contribution in [0.15, 0.2) is 79.0 Å². The van der Waals surface area contributed by atoms with Crippen LogP contribution >= 0.6 is 0 Å². The summed E-state index contributed by atoms with van der Waals surface area (Å²) in [5.41, 5.74) is 4.94. The van der Waals surface area contributed by atoms with Crippen molar-refractivity contribution in [1.29, 1.82) is 0 Å². The molecule has 1 aromatic heterocycles. The zero-order valence-electron chi connectivity index (χ0n) is 18.9. The molecule has 160 valence electrons. The molecule has 0 saturated heterocycles. The minimum absolute atomic E-state index is 0.0743. The molecule has 3 heteroatoms. The molecule has 3 aromatic carbocycles. The summed E-state index contributed by atoms with van der Waals surface area (Å²) in [6, 6.07) is 24.2. The minimum Gasteiger partial charge on any atom is -0.493 e. The van der Waals surface area contributed by atoms with Crippen molar-refractivity contribution in [3.63, 3.8) is 0 Å². The Morgan fingerprint density at radius 2 is 1.61 bits per heavy atom. The average Bonchev–Trinajstić information content (AvgIpc) is 3.14. The van der Waals surface area contributed by atoms with E-state index in [1.807, 2.05) is 69.4 Å². The number of benzene rings is 3. The lowest BCUT2D eigenvalue weighted by Gasteiger charge is -2.12. The molecule has 0 amide bonds. The van der Waals surface area contributed by atoms with Crippen LogP contribution in [0.1, 0.15) is 43.1 Å². The van der Waals surface area contributed by atoms with E-state index in [0.717, 1.165) is 34.0 Å². The number of carbonyl (C=O) groups is 1. The van der Waals surface area contributed by atoms with Crippen LogP contribution in [0.3, 0.4) is 0 Å². The van der Waals surface area contributed by atoms with Gasteiger partial charge in [-0.1, -0.05) is 75.4 Å². The highest BCUT2D eigenvalue weighted by atomic mass is 16.5. The molecule has 0 fully saturated rings. The molecule has 1 heterocycles. The van der Waals surface area contributed by atoms with E-state index >= 15 is 0 Å². The van der Waals surface area contributed by atoms with Gasteiger partial charge in [0.05, 0.1) is 12.2 Å². The SMILES string of the molecule is CC.CCCOc1ccc(-c2ccccc2)cc1C(=O)Cc1cn(C)c2ccccc12. The van der Waals surface area contributed by atoms with Gasteiger partial charge in [-0.15, -0.1) is 0 Å². The molecule has 3 nitrogen and oxygen atoms in total. The molecule has 0 aliphatic carbocycles. The molecule has 4 rings (SSSR count). The lowest BCUT2D eigenvalue weighted by Crippen LogP contribution is -2.08. The Hall–Kier alpha value is -3.33. The smallest absolute Gasteiger partial charge is 0.171 e. The maximum Gasteiger partial charge on any atom is 0.171 e. The molecule has 0 aliphatic rings. The monoisotopic (exact) mass is 413 g/mol. The third-order valence-electron chi connectivity index (χ3n) is 5.18. The summed E-state index contributed by atoms with van der Waals surface area (Å²) >= 11 is 0. The summed E-state index contributed by atoms with van der Waals surface area (Å²) in [6.45, 7) is 6.66. The van der Waals surface area contributed by atoms with Crippen molar-refractivity contribution in [2.24, 2.45) is 7.05 Å². The molecular formula is C28H31NO2. The van der Waals surface area contributed by atoms with Crippen LogP contribution in [0, 0.1) is 0 Å². The lowest BCUT2D eigenvalue weighted by atomic mass is 9.97. The highest BCUT2D eigenvalue weighted by molar-refractivity contribution is 6.03. The number of ketones is 1. The fourth-order valence-electron chi connectivity index (χ4n) is 3.73. The number of carbonyl (C=O) groups excluding carboxylic acids is 1. The summed E-state index contributed by atoms with van der Waals surface area (Å²) in [4.78, 5) is 13.3. The van der Waals surface area contributed by atoms with E-state index in [2.05, 4.69) is 42.0 Å². The van der Waals surface area contributed by atoms with Gasteiger partial charge in [-0.25, -0.2) is 0 Å². The number of para-hydroxylation sites is 1. The first kappa shape index (κ1) is 22.4. The molecule has 4 aromatic rings. The molecule has 0 N–H and O–H groups in total. The highest BCUT2D eigenvalue weighted by Crippen LogP contribution is 2.29.